The van der Waals surface area contributed by atoms with Crippen molar-refractivity contribution in [3.63, 3.8) is 0 Å². The number of hydrogen-bond donors (Lipinski definition) is 2. The van der Waals surface area contributed by atoms with E-state index in [0.29, 0.717) is 5.57 Å². The van der Waals surface area contributed by atoms with Crippen LogP contribution in [-0.2, 0) is 19.1 Å². The number of carbonyl (C=O) groups is 2. The molecule has 4 atom stereocenters. The van der Waals surface area contributed by atoms with Gasteiger partial charge in [0.2, 0.25) is 0 Å². The number of hydrogen-bond acceptors (Lipinski definition) is 7. The molecule has 0 spiro atoms. The van der Waals surface area contributed by atoms with E-state index >= 15 is 0 Å². The van der Waals surface area contributed by atoms with Crippen molar-refractivity contribution in [3.05, 3.63) is 23.3 Å². The average molecular weight is 351 g/mol. The summed E-state index contributed by atoms with van der Waals surface area (Å²) in [5, 5.41) is 20.2. The fourth-order valence-electron chi connectivity index (χ4n) is 3.83. The highest BCUT2D eigenvalue weighted by atomic mass is 16.6. The largest absolute Gasteiger partial charge is 0.459 e. The Balaban J connectivity index is 1.92. The fourth-order valence-corrected chi connectivity index (χ4v) is 3.83. The van der Waals surface area contributed by atoms with Gasteiger partial charge in [-0.15, -0.1) is 0 Å². The summed E-state index contributed by atoms with van der Waals surface area (Å²) in [7, 11) is 0. The van der Waals surface area contributed by atoms with Gasteiger partial charge in [0.25, 0.3) is 0 Å². The van der Waals surface area contributed by atoms with Crippen LogP contribution in [0.5, 0.6) is 0 Å². The van der Waals surface area contributed by atoms with E-state index in [1.165, 1.54) is 6.92 Å². The van der Waals surface area contributed by atoms with Crippen LogP contribution < -0.4 is 0 Å². The molecule has 2 saturated heterocycles. The Hall–Kier alpha value is -1.70. The predicted molar refractivity (Wildman–Crippen MR) is 88.5 cm³/mol. The lowest BCUT2D eigenvalue weighted by Gasteiger charge is -2.32. The molecule has 0 amide bonds. The number of carbonyl (C=O) groups excluding carboxylic acids is 2. The second kappa shape index (κ2) is 6.90. The van der Waals surface area contributed by atoms with Crippen LogP contribution in [0.1, 0.15) is 26.7 Å². The van der Waals surface area contributed by atoms with Crippen molar-refractivity contribution >= 4 is 11.9 Å². The zero-order valence-corrected chi connectivity index (χ0v) is 14.6. The number of cyclic esters (lactones) is 1. The number of rotatable bonds is 1. The maximum absolute atomic E-state index is 12.6. The van der Waals surface area contributed by atoms with E-state index in [1.54, 1.807) is 13.0 Å². The van der Waals surface area contributed by atoms with Crippen LogP contribution in [0.2, 0.25) is 0 Å². The molecule has 0 bridgehead atoms. The molecule has 2 fully saturated rings. The van der Waals surface area contributed by atoms with Crippen molar-refractivity contribution in [1.29, 1.82) is 0 Å². The Morgan fingerprint density at radius 2 is 2.20 bits per heavy atom. The molecule has 2 N–H and O–H groups in total. The predicted octanol–water partition coefficient (Wildman–Crippen LogP) is 0.165. The average Bonchev–Trinajstić information content (AvgIpc) is 3.15. The molecular weight excluding hydrogens is 326 g/mol. The summed E-state index contributed by atoms with van der Waals surface area (Å²) >= 11 is 0. The van der Waals surface area contributed by atoms with Crippen LogP contribution in [0.25, 0.3) is 0 Å². The number of esters is 2. The van der Waals surface area contributed by atoms with Gasteiger partial charge in [-0.1, -0.05) is 12.2 Å². The molecule has 3 aliphatic heterocycles. The minimum atomic E-state index is -1.89. The molecule has 0 aromatic rings. The van der Waals surface area contributed by atoms with Gasteiger partial charge in [0.15, 0.2) is 5.60 Å². The second-order valence-electron chi connectivity index (χ2n) is 7.07. The molecular formula is C18H25NO6. The lowest BCUT2D eigenvalue weighted by atomic mass is 9.84. The Morgan fingerprint density at radius 3 is 2.88 bits per heavy atom. The molecule has 0 radical (unpaired) electrons. The number of aliphatic hydroxyl groups excluding tert-OH is 1. The summed E-state index contributed by atoms with van der Waals surface area (Å²) in [6.07, 6.45) is 4.09. The minimum Gasteiger partial charge on any atom is -0.459 e. The zero-order valence-electron chi connectivity index (χ0n) is 14.6. The highest BCUT2D eigenvalue weighted by Crippen LogP contribution is 2.34. The molecule has 0 aliphatic carbocycles. The molecule has 0 aromatic heterocycles. The van der Waals surface area contributed by atoms with Crippen LogP contribution in [-0.4, -0.2) is 71.1 Å². The molecule has 7 heteroatoms. The molecule has 7 nitrogen and oxygen atoms in total. The summed E-state index contributed by atoms with van der Waals surface area (Å²) in [4.78, 5) is 27.2. The zero-order chi connectivity index (χ0) is 18.2. The van der Waals surface area contributed by atoms with Gasteiger partial charge in [0.1, 0.15) is 12.7 Å². The van der Waals surface area contributed by atoms with Gasteiger partial charge < -0.3 is 19.7 Å². The molecule has 3 heterocycles. The lowest BCUT2D eigenvalue weighted by Crippen LogP contribution is -2.47. The molecule has 0 saturated carbocycles. The summed E-state index contributed by atoms with van der Waals surface area (Å²) < 4.78 is 11.1. The standard InChI is InChI=1S/C18H25NO6/c1-3-11-8-13(9-20)18(2,23)17(22)24-10-12-4-6-19-7-5-14(15(12)19)25-16(11)21/h3-4,13-15,20,23H,5-10H2,1-2H3/b11-3-. The lowest BCUT2D eigenvalue weighted by molar-refractivity contribution is -0.171. The van der Waals surface area contributed by atoms with Crippen LogP contribution in [0, 0.1) is 5.92 Å². The summed E-state index contributed by atoms with van der Waals surface area (Å²) in [6.45, 7) is 4.17. The van der Waals surface area contributed by atoms with Crippen molar-refractivity contribution in [2.24, 2.45) is 5.92 Å². The topological polar surface area (TPSA) is 96.3 Å². The van der Waals surface area contributed by atoms with Gasteiger partial charge in [-0.25, -0.2) is 9.59 Å². The van der Waals surface area contributed by atoms with Gasteiger partial charge in [0.05, 0.1) is 6.04 Å². The van der Waals surface area contributed by atoms with Gasteiger partial charge in [-0.2, -0.15) is 0 Å². The van der Waals surface area contributed by atoms with E-state index in [-0.39, 0.29) is 25.2 Å². The van der Waals surface area contributed by atoms with Crippen molar-refractivity contribution in [2.75, 3.05) is 26.3 Å². The van der Waals surface area contributed by atoms with Crippen molar-refractivity contribution < 1.29 is 29.3 Å². The van der Waals surface area contributed by atoms with Gasteiger partial charge >= 0.3 is 11.9 Å². The minimum absolute atomic E-state index is 0.0394. The summed E-state index contributed by atoms with van der Waals surface area (Å²) in [5.41, 5.74) is -0.659. The number of ether oxygens (including phenoxy) is 2. The van der Waals surface area contributed by atoms with E-state index in [4.69, 9.17) is 9.47 Å². The SMILES string of the molecule is C/C=C1/CC(CO)C(C)(O)C(=O)OCC2=CCN3CCC(OC1=O)C23. The number of nitrogens with zero attached hydrogens (tertiary/aromatic N) is 1. The van der Waals surface area contributed by atoms with Crippen LogP contribution >= 0.6 is 0 Å². The molecule has 0 aromatic carbocycles. The highest BCUT2D eigenvalue weighted by Gasteiger charge is 2.46. The third-order valence-electron chi connectivity index (χ3n) is 5.55. The van der Waals surface area contributed by atoms with Crippen LogP contribution in [0.3, 0.4) is 0 Å². The van der Waals surface area contributed by atoms with Gasteiger partial charge in [-0.3, -0.25) is 4.90 Å². The fraction of sp³-hybridized carbons (Fsp3) is 0.667. The maximum atomic E-state index is 12.6. The van der Waals surface area contributed by atoms with Crippen LogP contribution in [0.15, 0.2) is 23.3 Å². The first-order valence-electron chi connectivity index (χ1n) is 8.68. The first-order valence-corrected chi connectivity index (χ1v) is 8.68. The van der Waals surface area contributed by atoms with Crippen molar-refractivity contribution in [2.45, 2.75) is 44.4 Å². The molecule has 3 aliphatic rings. The highest BCUT2D eigenvalue weighted by molar-refractivity contribution is 5.89. The molecule has 25 heavy (non-hydrogen) atoms. The monoisotopic (exact) mass is 351 g/mol. The molecule has 3 rings (SSSR count). The third-order valence-corrected chi connectivity index (χ3v) is 5.55. The molecule has 138 valence electrons. The number of aliphatic hydroxyl groups is 2. The summed E-state index contributed by atoms with van der Waals surface area (Å²) in [6, 6.07) is -0.0760. The van der Waals surface area contributed by atoms with E-state index in [0.717, 1.165) is 25.1 Å². The Labute approximate surface area is 146 Å². The van der Waals surface area contributed by atoms with Gasteiger partial charge in [0, 0.05) is 31.2 Å². The summed E-state index contributed by atoms with van der Waals surface area (Å²) in [5.74, 6) is -2.10. The first kappa shape index (κ1) is 18.1. The maximum Gasteiger partial charge on any atom is 0.338 e. The van der Waals surface area contributed by atoms with Crippen molar-refractivity contribution in [3.8, 4) is 0 Å². The Kier molecular flexibility index (Phi) is 4.99. The number of allylic oxidation sites excluding steroid dienone is 1. The normalized spacial score (nSPS) is 38.5. The first-order chi connectivity index (χ1) is 11.9. The van der Waals surface area contributed by atoms with Crippen LogP contribution in [0.4, 0.5) is 0 Å². The smallest absolute Gasteiger partial charge is 0.338 e. The third kappa shape index (κ3) is 3.23. The van der Waals surface area contributed by atoms with E-state index in [1.807, 2.05) is 6.08 Å². The second-order valence-corrected chi connectivity index (χ2v) is 7.07. The Morgan fingerprint density at radius 1 is 1.44 bits per heavy atom. The van der Waals surface area contributed by atoms with E-state index in [9.17, 15) is 19.8 Å². The van der Waals surface area contributed by atoms with E-state index < -0.39 is 30.1 Å². The van der Waals surface area contributed by atoms with Crippen molar-refractivity contribution in [1.82, 2.24) is 4.90 Å². The van der Waals surface area contributed by atoms with E-state index in [2.05, 4.69) is 4.90 Å². The molecule has 4 unspecified atom stereocenters. The van der Waals surface area contributed by atoms with Gasteiger partial charge in [-0.05, 0) is 32.3 Å². The Bertz CT molecular complexity index is 623. The quantitative estimate of drug-likeness (QED) is 0.395.